The van der Waals surface area contributed by atoms with Crippen molar-refractivity contribution in [1.29, 1.82) is 0 Å². The fourth-order valence-corrected chi connectivity index (χ4v) is 1.77. The average molecular weight is 177 g/mol. The molecule has 2 atom stereocenters. The number of ether oxygens (including phenoxy) is 1. The highest BCUT2D eigenvalue weighted by atomic mass is 16.5. The lowest BCUT2D eigenvalue weighted by atomic mass is 10.3. The molecule has 1 aliphatic carbocycles. The molecule has 0 saturated heterocycles. The summed E-state index contributed by atoms with van der Waals surface area (Å²) in [4.78, 5) is 0. The molecule has 2 N–H and O–H groups in total. The van der Waals surface area contributed by atoms with Crippen LogP contribution in [-0.4, -0.2) is 12.1 Å². The van der Waals surface area contributed by atoms with Crippen LogP contribution in [0.1, 0.15) is 19.3 Å². The summed E-state index contributed by atoms with van der Waals surface area (Å²) in [5.74, 6) is 0.960. The normalized spacial score (nSPS) is 27.5. The molecule has 1 saturated carbocycles. The van der Waals surface area contributed by atoms with E-state index in [1.54, 1.807) is 0 Å². The van der Waals surface area contributed by atoms with Crippen LogP contribution in [0.5, 0.6) is 5.75 Å². The van der Waals surface area contributed by atoms with Crippen LogP contribution < -0.4 is 10.5 Å². The summed E-state index contributed by atoms with van der Waals surface area (Å²) in [7, 11) is 0. The molecule has 1 fully saturated rings. The van der Waals surface area contributed by atoms with E-state index in [1.165, 1.54) is 0 Å². The highest BCUT2D eigenvalue weighted by molar-refractivity contribution is 5.21. The van der Waals surface area contributed by atoms with Gasteiger partial charge in [0.05, 0.1) is 0 Å². The lowest BCUT2D eigenvalue weighted by Crippen LogP contribution is -2.19. The first-order chi connectivity index (χ1) is 6.34. The van der Waals surface area contributed by atoms with Crippen LogP contribution in [-0.2, 0) is 0 Å². The number of nitrogens with two attached hydrogens (primary N) is 1. The molecular formula is C11H15NO. The molecule has 13 heavy (non-hydrogen) atoms. The van der Waals surface area contributed by atoms with Crippen molar-refractivity contribution in [2.75, 3.05) is 0 Å². The molecule has 0 heterocycles. The summed E-state index contributed by atoms with van der Waals surface area (Å²) in [6.45, 7) is 0. The molecular weight excluding hydrogens is 162 g/mol. The number of para-hydroxylation sites is 1. The number of rotatable bonds is 2. The Morgan fingerprint density at radius 2 is 1.92 bits per heavy atom. The van der Waals surface area contributed by atoms with E-state index in [9.17, 15) is 0 Å². The van der Waals surface area contributed by atoms with Crippen LogP contribution in [0.3, 0.4) is 0 Å². The van der Waals surface area contributed by atoms with Gasteiger partial charge in [-0.1, -0.05) is 18.2 Å². The van der Waals surface area contributed by atoms with Gasteiger partial charge >= 0.3 is 0 Å². The maximum absolute atomic E-state index is 5.80. The van der Waals surface area contributed by atoms with Crippen LogP contribution in [0.4, 0.5) is 0 Å². The zero-order valence-corrected chi connectivity index (χ0v) is 7.65. The van der Waals surface area contributed by atoms with Crippen LogP contribution in [0.15, 0.2) is 30.3 Å². The summed E-state index contributed by atoms with van der Waals surface area (Å²) in [6.07, 6.45) is 3.51. The first-order valence-corrected chi connectivity index (χ1v) is 4.82. The molecule has 1 aromatic rings. The van der Waals surface area contributed by atoms with Crippen molar-refractivity contribution in [3.8, 4) is 5.75 Å². The largest absolute Gasteiger partial charge is 0.490 e. The van der Waals surface area contributed by atoms with E-state index in [0.29, 0.717) is 12.1 Å². The highest BCUT2D eigenvalue weighted by Crippen LogP contribution is 2.22. The minimum absolute atomic E-state index is 0.331. The van der Waals surface area contributed by atoms with Gasteiger partial charge in [-0.2, -0.15) is 0 Å². The average Bonchev–Trinajstić information content (AvgIpc) is 2.53. The Kier molecular flexibility index (Phi) is 2.50. The fourth-order valence-electron chi connectivity index (χ4n) is 1.77. The second-order valence-corrected chi connectivity index (χ2v) is 3.63. The SMILES string of the molecule is NC1CCC(Oc2ccccc2)C1. The zero-order chi connectivity index (χ0) is 9.10. The summed E-state index contributed by atoms with van der Waals surface area (Å²) in [5.41, 5.74) is 5.80. The number of hydrogen-bond donors (Lipinski definition) is 1. The first-order valence-electron chi connectivity index (χ1n) is 4.82. The summed E-state index contributed by atoms with van der Waals surface area (Å²) >= 11 is 0. The summed E-state index contributed by atoms with van der Waals surface area (Å²) in [5, 5.41) is 0. The van der Waals surface area contributed by atoms with Crippen LogP contribution in [0, 0.1) is 0 Å². The molecule has 2 unspecified atom stereocenters. The van der Waals surface area contributed by atoms with E-state index in [2.05, 4.69) is 0 Å². The van der Waals surface area contributed by atoms with Gasteiger partial charge in [-0.05, 0) is 31.4 Å². The summed E-state index contributed by atoms with van der Waals surface area (Å²) in [6, 6.07) is 10.3. The molecule has 2 heteroatoms. The Morgan fingerprint density at radius 3 is 2.54 bits per heavy atom. The highest BCUT2D eigenvalue weighted by Gasteiger charge is 2.22. The van der Waals surface area contributed by atoms with Gasteiger partial charge in [0, 0.05) is 6.04 Å². The van der Waals surface area contributed by atoms with Crippen molar-refractivity contribution in [3.05, 3.63) is 30.3 Å². The van der Waals surface area contributed by atoms with Crippen molar-refractivity contribution >= 4 is 0 Å². The zero-order valence-electron chi connectivity index (χ0n) is 7.65. The van der Waals surface area contributed by atoms with Crippen LogP contribution in [0.25, 0.3) is 0 Å². The number of benzene rings is 1. The van der Waals surface area contributed by atoms with Crippen molar-refractivity contribution in [2.45, 2.75) is 31.4 Å². The van der Waals surface area contributed by atoms with Crippen molar-refractivity contribution in [2.24, 2.45) is 5.73 Å². The van der Waals surface area contributed by atoms with E-state index < -0.39 is 0 Å². The van der Waals surface area contributed by atoms with Gasteiger partial charge < -0.3 is 10.5 Å². The van der Waals surface area contributed by atoms with Crippen molar-refractivity contribution in [3.63, 3.8) is 0 Å². The Bertz CT molecular complexity index is 260. The molecule has 0 spiro atoms. The minimum Gasteiger partial charge on any atom is -0.490 e. The third-order valence-corrected chi connectivity index (χ3v) is 2.47. The van der Waals surface area contributed by atoms with Gasteiger partial charge in [0.2, 0.25) is 0 Å². The minimum atomic E-state index is 0.331. The van der Waals surface area contributed by atoms with Gasteiger partial charge in [0.1, 0.15) is 11.9 Å². The maximum Gasteiger partial charge on any atom is 0.119 e. The van der Waals surface area contributed by atoms with E-state index in [-0.39, 0.29) is 0 Å². The van der Waals surface area contributed by atoms with Gasteiger partial charge in [0.25, 0.3) is 0 Å². The van der Waals surface area contributed by atoms with Gasteiger partial charge in [-0.25, -0.2) is 0 Å². The Balaban J connectivity index is 1.92. The van der Waals surface area contributed by atoms with Crippen molar-refractivity contribution in [1.82, 2.24) is 0 Å². The monoisotopic (exact) mass is 177 g/mol. The Labute approximate surface area is 78.7 Å². The molecule has 0 aliphatic heterocycles. The van der Waals surface area contributed by atoms with Crippen molar-refractivity contribution < 1.29 is 4.74 Å². The molecule has 0 aromatic heterocycles. The van der Waals surface area contributed by atoms with E-state index >= 15 is 0 Å². The van der Waals surface area contributed by atoms with Crippen LogP contribution in [0.2, 0.25) is 0 Å². The third-order valence-electron chi connectivity index (χ3n) is 2.47. The predicted octanol–water partition coefficient (Wildman–Crippen LogP) is 1.95. The Morgan fingerprint density at radius 1 is 1.15 bits per heavy atom. The van der Waals surface area contributed by atoms with E-state index in [1.807, 2.05) is 30.3 Å². The van der Waals surface area contributed by atoms with Crippen LogP contribution >= 0.6 is 0 Å². The van der Waals surface area contributed by atoms with E-state index in [0.717, 1.165) is 25.0 Å². The second-order valence-electron chi connectivity index (χ2n) is 3.63. The van der Waals surface area contributed by atoms with Gasteiger partial charge in [0.15, 0.2) is 0 Å². The molecule has 0 bridgehead atoms. The fraction of sp³-hybridized carbons (Fsp3) is 0.455. The first kappa shape index (κ1) is 8.57. The molecule has 2 nitrogen and oxygen atoms in total. The molecule has 70 valence electrons. The molecule has 1 aliphatic rings. The van der Waals surface area contributed by atoms with E-state index in [4.69, 9.17) is 10.5 Å². The molecule has 2 rings (SSSR count). The lowest BCUT2D eigenvalue weighted by molar-refractivity contribution is 0.208. The topological polar surface area (TPSA) is 35.2 Å². The molecule has 0 radical (unpaired) electrons. The smallest absolute Gasteiger partial charge is 0.119 e. The quantitative estimate of drug-likeness (QED) is 0.749. The summed E-state index contributed by atoms with van der Waals surface area (Å²) < 4.78 is 5.77. The molecule has 1 aromatic carbocycles. The standard InChI is InChI=1S/C11H15NO/c12-9-6-7-11(8-9)13-10-4-2-1-3-5-10/h1-5,9,11H,6-8,12H2. The third kappa shape index (κ3) is 2.22. The predicted molar refractivity (Wildman–Crippen MR) is 52.7 cm³/mol. The molecule has 0 amide bonds. The Hall–Kier alpha value is -1.02. The number of hydrogen-bond acceptors (Lipinski definition) is 2. The van der Waals surface area contributed by atoms with Gasteiger partial charge in [-0.3, -0.25) is 0 Å². The lowest BCUT2D eigenvalue weighted by Gasteiger charge is -2.12. The second kappa shape index (κ2) is 3.79. The maximum atomic E-state index is 5.80. The van der Waals surface area contributed by atoms with Gasteiger partial charge in [-0.15, -0.1) is 0 Å².